The normalized spacial score (nSPS) is 20.8. The Balaban J connectivity index is 2.24. The molecule has 64 valence electrons. The Bertz CT molecular complexity index is 145. The van der Waals surface area contributed by atoms with E-state index in [0.717, 1.165) is 13.1 Å². The number of ether oxygens (including phenoxy) is 1. The van der Waals surface area contributed by atoms with Crippen molar-refractivity contribution in [1.29, 1.82) is 0 Å². The van der Waals surface area contributed by atoms with Gasteiger partial charge in [-0.15, -0.1) is 0 Å². The van der Waals surface area contributed by atoms with Gasteiger partial charge in [-0.2, -0.15) is 0 Å². The molecule has 11 heavy (non-hydrogen) atoms. The molecule has 1 aliphatic rings. The maximum atomic E-state index is 10.7. The number of hydrogen-bond donors (Lipinski definition) is 2. The second kappa shape index (κ2) is 3.69. The van der Waals surface area contributed by atoms with Gasteiger partial charge in [-0.05, 0) is 6.42 Å². The Morgan fingerprint density at radius 1 is 1.82 bits per heavy atom. The molecule has 0 aromatic carbocycles. The standard InChI is InChI=1S/C7H14N2O2/c1-2-6(7(8)10)11-5-3-9-4-5/h5-6,9H,2-4H2,1H3,(H2,8,10). The molecule has 0 bridgehead atoms. The Hall–Kier alpha value is -0.610. The van der Waals surface area contributed by atoms with Crippen LogP contribution in [0, 0.1) is 0 Å². The fraction of sp³-hybridized carbons (Fsp3) is 0.857. The molecule has 0 aliphatic carbocycles. The van der Waals surface area contributed by atoms with Gasteiger partial charge < -0.3 is 15.8 Å². The first kappa shape index (κ1) is 8.49. The first-order valence-corrected chi connectivity index (χ1v) is 3.89. The van der Waals surface area contributed by atoms with Gasteiger partial charge in [-0.3, -0.25) is 4.79 Å². The summed E-state index contributed by atoms with van der Waals surface area (Å²) in [4.78, 5) is 10.7. The maximum Gasteiger partial charge on any atom is 0.246 e. The second-order valence-corrected chi connectivity index (χ2v) is 2.72. The number of hydrogen-bond acceptors (Lipinski definition) is 3. The van der Waals surface area contributed by atoms with Gasteiger partial charge in [0.05, 0.1) is 6.10 Å². The highest BCUT2D eigenvalue weighted by Crippen LogP contribution is 2.05. The van der Waals surface area contributed by atoms with Gasteiger partial charge in [0.1, 0.15) is 6.10 Å². The molecule has 3 N–H and O–H groups in total. The zero-order valence-corrected chi connectivity index (χ0v) is 6.67. The molecule has 1 amide bonds. The van der Waals surface area contributed by atoms with Crippen LogP contribution in [0.15, 0.2) is 0 Å². The fourth-order valence-corrected chi connectivity index (χ4v) is 0.955. The predicted molar refractivity (Wildman–Crippen MR) is 41.0 cm³/mol. The number of carbonyl (C=O) groups is 1. The molecule has 1 rings (SSSR count). The van der Waals surface area contributed by atoms with Crippen LogP contribution in [-0.4, -0.2) is 31.2 Å². The molecule has 1 atom stereocenters. The van der Waals surface area contributed by atoms with Crippen molar-refractivity contribution >= 4 is 5.91 Å². The van der Waals surface area contributed by atoms with E-state index in [2.05, 4.69) is 5.32 Å². The Morgan fingerprint density at radius 3 is 2.73 bits per heavy atom. The van der Waals surface area contributed by atoms with Gasteiger partial charge in [-0.1, -0.05) is 6.92 Å². The maximum absolute atomic E-state index is 10.7. The third kappa shape index (κ3) is 2.17. The quantitative estimate of drug-likeness (QED) is 0.565. The van der Waals surface area contributed by atoms with Crippen molar-refractivity contribution in [2.24, 2.45) is 5.73 Å². The summed E-state index contributed by atoms with van der Waals surface area (Å²) in [5.74, 6) is -0.362. The highest BCUT2D eigenvalue weighted by atomic mass is 16.5. The summed E-state index contributed by atoms with van der Waals surface area (Å²) in [6.45, 7) is 3.56. The van der Waals surface area contributed by atoms with E-state index < -0.39 is 6.10 Å². The summed E-state index contributed by atoms with van der Waals surface area (Å²) in [6.07, 6.45) is 0.445. The van der Waals surface area contributed by atoms with Crippen LogP contribution in [0.25, 0.3) is 0 Å². The summed E-state index contributed by atoms with van der Waals surface area (Å²) in [5, 5.41) is 3.05. The number of nitrogens with two attached hydrogens (primary N) is 1. The van der Waals surface area contributed by atoms with Gasteiger partial charge in [0.15, 0.2) is 0 Å². The lowest BCUT2D eigenvalue weighted by Gasteiger charge is -2.29. The van der Waals surface area contributed by atoms with Gasteiger partial charge in [0.2, 0.25) is 5.91 Å². The Labute approximate surface area is 66.1 Å². The first-order chi connectivity index (χ1) is 5.24. The van der Waals surface area contributed by atoms with Crippen LogP contribution in [-0.2, 0) is 9.53 Å². The van der Waals surface area contributed by atoms with E-state index in [4.69, 9.17) is 10.5 Å². The monoisotopic (exact) mass is 158 g/mol. The molecule has 0 aromatic heterocycles. The molecular weight excluding hydrogens is 144 g/mol. The van der Waals surface area contributed by atoms with Gasteiger partial charge >= 0.3 is 0 Å². The van der Waals surface area contributed by atoms with Crippen molar-refractivity contribution in [3.8, 4) is 0 Å². The molecule has 1 heterocycles. The molecule has 0 aromatic rings. The van der Waals surface area contributed by atoms with Gasteiger partial charge in [-0.25, -0.2) is 0 Å². The molecule has 1 saturated heterocycles. The highest BCUT2D eigenvalue weighted by molar-refractivity contribution is 5.78. The van der Waals surface area contributed by atoms with E-state index in [1.807, 2.05) is 6.92 Å². The van der Waals surface area contributed by atoms with Gasteiger partial charge in [0, 0.05) is 13.1 Å². The molecular formula is C7H14N2O2. The molecule has 4 nitrogen and oxygen atoms in total. The van der Waals surface area contributed by atoms with Crippen molar-refractivity contribution in [2.45, 2.75) is 25.6 Å². The highest BCUT2D eigenvalue weighted by Gasteiger charge is 2.23. The molecule has 0 saturated carbocycles. The summed E-state index contributed by atoms with van der Waals surface area (Å²) in [7, 11) is 0. The molecule has 1 fully saturated rings. The summed E-state index contributed by atoms with van der Waals surface area (Å²) in [6, 6.07) is 0. The van der Waals surface area contributed by atoms with E-state index in [0.29, 0.717) is 6.42 Å². The largest absolute Gasteiger partial charge is 0.367 e. The number of amides is 1. The van der Waals surface area contributed by atoms with Gasteiger partial charge in [0.25, 0.3) is 0 Å². The number of carbonyl (C=O) groups excluding carboxylic acids is 1. The lowest BCUT2D eigenvalue weighted by atomic mass is 10.2. The molecule has 0 spiro atoms. The summed E-state index contributed by atoms with van der Waals surface area (Å²) < 4.78 is 5.36. The molecule has 1 aliphatic heterocycles. The molecule has 4 heteroatoms. The van der Waals surface area contributed by atoms with Crippen LogP contribution < -0.4 is 11.1 Å². The zero-order valence-electron chi connectivity index (χ0n) is 6.67. The van der Waals surface area contributed by atoms with E-state index in [9.17, 15) is 4.79 Å². The van der Waals surface area contributed by atoms with Crippen molar-refractivity contribution in [3.05, 3.63) is 0 Å². The van der Waals surface area contributed by atoms with Crippen LogP contribution >= 0.6 is 0 Å². The lowest BCUT2D eigenvalue weighted by molar-refractivity contribution is -0.135. The number of nitrogens with one attached hydrogen (secondary N) is 1. The molecule has 1 unspecified atom stereocenters. The smallest absolute Gasteiger partial charge is 0.246 e. The SMILES string of the molecule is CCC(OC1CNC1)C(N)=O. The topological polar surface area (TPSA) is 64.3 Å². The number of primary amides is 1. The second-order valence-electron chi connectivity index (χ2n) is 2.72. The summed E-state index contributed by atoms with van der Waals surface area (Å²) >= 11 is 0. The van der Waals surface area contributed by atoms with E-state index in [-0.39, 0.29) is 12.0 Å². The minimum absolute atomic E-state index is 0.187. The average molecular weight is 158 g/mol. The third-order valence-electron chi connectivity index (χ3n) is 1.79. The van der Waals surface area contributed by atoms with Crippen LogP contribution in [0.3, 0.4) is 0 Å². The predicted octanol–water partition coefficient (Wildman–Crippen LogP) is -0.761. The fourth-order valence-electron chi connectivity index (χ4n) is 0.955. The average Bonchev–Trinajstić information content (AvgIpc) is 1.85. The first-order valence-electron chi connectivity index (χ1n) is 3.89. The van der Waals surface area contributed by atoms with Crippen molar-refractivity contribution in [3.63, 3.8) is 0 Å². The van der Waals surface area contributed by atoms with Crippen molar-refractivity contribution < 1.29 is 9.53 Å². The van der Waals surface area contributed by atoms with Crippen LogP contribution in [0.4, 0.5) is 0 Å². The zero-order chi connectivity index (χ0) is 8.27. The van der Waals surface area contributed by atoms with Crippen LogP contribution in [0.2, 0.25) is 0 Å². The number of rotatable bonds is 4. The third-order valence-corrected chi connectivity index (χ3v) is 1.79. The Morgan fingerprint density at radius 2 is 2.45 bits per heavy atom. The van der Waals surface area contributed by atoms with E-state index in [1.54, 1.807) is 0 Å². The lowest BCUT2D eigenvalue weighted by Crippen LogP contribution is -2.51. The Kier molecular flexibility index (Phi) is 2.84. The van der Waals surface area contributed by atoms with E-state index in [1.165, 1.54) is 0 Å². The minimum Gasteiger partial charge on any atom is -0.367 e. The van der Waals surface area contributed by atoms with Crippen molar-refractivity contribution in [2.75, 3.05) is 13.1 Å². The molecule has 0 radical (unpaired) electrons. The van der Waals surface area contributed by atoms with Crippen LogP contribution in [0.5, 0.6) is 0 Å². The van der Waals surface area contributed by atoms with E-state index >= 15 is 0 Å². The minimum atomic E-state index is -0.401. The van der Waals surface area contributed by atoms with Crippen molar-refractivity contribution in [1.82, 2.24) is 5.32 Å². The summed E-state index contributed by atoms with van der Waals surface area (Å²) in [5.41, 5.74) is 5.09. The van der Waals surface area contributed by atoms with Crippen LogP contribution in [0.1, 0.15) is 13.3 Å².